The summed E-state index contributed by atoms with van der Waals surface area (Å²) in [6, 6.07) is 0.350. The Kier molecular flexibility index (Phi) is 6.65. The van der Waals surface area contributed by atoms with E-state index in [1.165, 1.54) is 19.3 Å². The molecule has 0 aliphatic heterocycles. The van der Waals surface area contributed by atoms with Gasteiger partial charge in [-0.15, -0.1) is 0 Å². The summed E-state index contributed by atoms with van der Waals surface area (Å²) in [6.07, 6.45) is 3.54. The zero-order valence-corrected chi connectivity index (χ0v) is 12.2. The van der Waals surface area contributed by atoms with Gasteiger partial charge in [-0.2, -0.15) is 0 Å². The number of esters is 1. The lowest BCUT2D eigenvalue weighted by Crippen LogP contribution is -2.47. The molecule has 0 aromatic rings. The number of nitrogens with zero attached hydrogens (tertiary/aromatic N) is 1. The highest BCUT2D eigenvalue weighted by atomic mass is 16.5. The lowest BCUT2D eigenvalue weighted by atomic mass is 10.1. The summed E-state index contributed by atoms with van der Waals surface area (Å²) >= 11 is 0. The van der Waals surface area contributed by atoms with Crippen molar-refractivity contribution < 1.29 is 9.53 Å². The van der Waals surface area contributed by atoms with Gasteiger partial charge >= 0.3 is 5.97 Å². The molecule has 0 heterocycles. The molecule has 0 amide bonds. The first-order valence-corrected chi connectivity index (χ1v) is 7.18. The number of carbonyl (C=O) groups is 1. The van der Waals surface area contributed by atoms with Gasteiger partial charge in [0.15, 0.2) is 0 Å². The standard InChI is InChI=1S/C14H28N2O2/c1-5-11(3)9-16(4)10-13(14(17)18-6-2)15-12-7-8-12/h11-13,15H,5-10H2,1-4H3. The van der Waals surface area contributed by atoms with E-state index in [-0.39, 0.29) is 12.0 Å². The van der Waals surface area contributed by atoms with Crippen molar-refractivity contribution in [3.05, 3.63) is 0 Å². The Hall–Kier alpha value is -0.610. The van der Waals surface area contributed by atoms with E-state index in [0.717, 1.165) is 13.1 Å². The third-order valence-electron chi connectivity index (χ3n) is 3.40. The van der Waals surface area contributed by atoms with E-state index in [2.05, 4.69) is 31.1 Å². The summed E-state index contributed by atoms with van der Waals surface area (Å²) in [5, 5.41) is 3.38. The molecule has 0 bridgehead atoms. The van der Waals surface area contributed by atoms with Crippen molar-refractivity contribution in [1.82, 2.24) is 10.2 Å². The Morgan fingerprint density at radius 1 is 1.39 bits per heavy atom. The van der Waals surface area contributed by atoms with Crippen LogP contribution >= 0.6 is 0 Å². The Morgan fingerprint density at radius 2 is 2.06 bits per heavy atom. The smallest absolute Gasteiger partial charge is 0.324 e. The molecule has 1 fully saturated rings. The van der Waals surface area contributed by atoms with Crippen molar-refractivity contribution in [2.75, 3.05) is 26.7 Å². The molecule has 1 N–H and O–H groups in total. The van der Waals surface area contributed by atoms with Crippen LogP contribution in [0.2, 0.25) is 0 Å². The molecule has 4 heteroatoms. The second kappa shape index (κ2) is 7.74. The molecule has 0 aromatic heterocycles. The van der Waals surface area contributed by atoms with E-state index >= 15 is 0 Å². The molecule has 4 nitrogen and oxygen atoms in total. The monoisotopic (exact) mass is 256 g/mol. The summed E-state index contributed by atoms with van der Waals surface area (Å²) in [5.41, 5.74) is 0. The van der Waals surface area contributed by atoms with E-state index in [9.17, 15) is 4.79 Å². The number of nitrogens with one attached hydrogen (secondary N) is 1. The molecule has 1 rings (SSSR count). The second-order valence-electron chi connectivity index (χ2n) is 5.48. The van der Waals surface area contributed by atoms with Crippen LogP contribution in [0.25, 0.3) is 0 Å². The Morgan fingerprint density at radius 3 is 2.56 bits per heavy atom. The number of hydrogen-bond donors (Lipinski definition) is 1. The van der Waals surface area contributed by atoms with Gasteiger partial charge in [-0.3, -0.25) is 4.79 Å². The van der Waals surface area contributed by atoms with E-state index in [1.54, 1.807) is 0 Å². The van der Waals surface area contributed by atoms with Gasteiger partial charge in [-0.25, -0.2) is 0 Å². The predicted octanol–water partition coefficient (Wildman–Crippen LogP) is 1.65. The fourth-order valence-electron chi connectivity index (χ4n) is 2.02. The number of ether oxygens (including phenoxy) is 1. The van der Waals surface area contributed by atoms with Gasteiger partial charge in [0.1, 0.15) is 6.04 Å². The minimum atomic E-state index is -0.175. The molecule has 1 aliphatic carbocycles. The molecule has 2 unspecified atom stereocenters. The van der Waals surface area contributed by atoms with Crippen LogP contribution < -0.4 is 5.32 Å². The first-order valence-electron chi connectivity index (χ1n) is 7.18. The fraction of sp³-hybridized carbons (Fsp3) is 0.929. The molecule has 1 aliphatic rings. The predicted molar refractivity (Wildman–Crippen MR) is 73.5 cm³/mol. The number of carbonyl (C=O) groups excluding carboxylic acids is 1. The molecule has 106 valence electrons. The van der Waals surface area contributed by atoms with E-state index in [4.69, 9.17) is 4.74 Å². The minimum Gasteiger partial charge on any atom is -0.465 e. The van der Waals surface area contributed by atoms with Crippen molar-refractivity contribution in [1.29, 1.82) is 0 Å². The normalized spacial score (nSPS) is 18.7. The average molecular weight is 256 g/mol. The molecule has 0 saturated heterocycles. The fourth-order valence-corrected chi connectivity index (χ4v) is 2.02. The van der Waals surface area contributed by atoms with Crippen molar-refractivity contribution >= 4 is 5.97 Å². The maximum Gasteiger partial charge on any atom is 0.324 e. The zero-order valence-electron chi connectivity index (χ0n) is 12.2. The summed E-state index contributed by atoms with van der Waals surface area (Å²) in [7, 11) is 2.08. The zero-order chi connectivity index (χ0) is 13.5. The van der Waals surface area contributed by atoms with Crippen LogP contribution in [0.1, 0.15) is 40.0 Å². The van der Waals surface area contributed by atoms with E-state index in [0.29, 0.717) is 18.6 Å². The minimum absolute atomic E-state index is 0.111. The number of rotatable bonds is 9. The lowest BCUT2D eigenvalue weighted by Gasteiger charge is -2.25. The lowest BCUT2D eigenvalue weighted by molar-refractivity contribution is -0.146. The summed E-state index contributed by atoms with van der Waals surface area (Å²) in [6.45, 7) is 8.51. The van der Waals surface area contributed by atoms with Crippen molar-refractivity contribution in [2.24, 2.45) is 5.92 Å². The third kappa shape index (κ3) is 5.83. The van der Waals surface area contributed by atoms with Gasteiger partial charge in [0, 0.05) is 19.1 Å². The van der Waals surface area contributed by atoms with Gasteiger partial charge in [-0.05, 0) is 32.7 Å². The maximum absolute atomic E-state index is 11.9. The van der Waals surface area contributed by atoms with Crippen LogP contribution in [0.15, 0.2) is 0 Å². The third-order valence-corrected chi connectivity index (χ3v) is 3.40. The van der Waals surface area contributed by atoms with Gasteiger partial charge in [0.2, 0.25) is 0 Å². The Balaban J connectivity index is 2.40. The molecule has 0 spiro atoms. The molecule has 0 aromatic carbocycles. The maximum atomic E-state index is 11.9. The van der Waals surface area contributed by atoms with Crippen molar-refractivity contribution in [2.45, 2.75) is 52.1 Å². The second-order valence-corrected chi connectivity index (χ2v) is 5.48. The van der Waals surface area contributed by atoms with Crippen LogP contribution in [0, 0.1) is 5.92 Å². The van der Waals surface area contributed by atoms with Gasteiger partial charge in [0.25, 0.3) is 0 Å². The van der Waals surface area contributed by atoms with Crippen LogP contribution in [-0.4, -0.2) is 49.7 Å². The Bertz CT molecular complexity index is 254. The van der Waals surface area contributed by atoms with Gasteiger partial charge < -0.3 is 15.0 Å². The van der Waals surface area contributed by atoms with E-state index < -0.39 is 0 Å². The highest BCUT2D eigenvalue weighted by Crippen LogP contribution is 2.20. The molecule has 0 radical (unpaired) electrons. The highest BCUT2D eigenvalue weighted by molar-refractivity contribution is 5.76. The number of hydrogen-bond acceptors (Lipinski definition) is 4. The van der Waals surface area contributed by atoms with Crippen LogP contribution in [0.5, 0.6) is 0 Å². The molecule has 2 atom stereocenters. The number of likely N-dealkylation sites (N-methyl/N-ethyl adjacent to an activating group) is 1. The largest absolute Gasteiger partial charge is 0.465 e. The van der Waals surface area contributed by atoms with E-state index in [1.807, 2.05) is 6.92 Å². The molecular weight excluding hydrogens is 228 g/mol. The quantitative estimate of drug-likeness (QED) is 0.637. The van der Waals surface area contributed by atoms with Crippen molar-refractivity contribution in [3.8, 4) is 0 Å². The highest BCUT2D eigenvalue weighted by Gasteiger charge is 2.30. The summed E-state index contributed by atoms with van der Waals surface area (Å²) in [4.78, 5) is 14.1. The van der Waals surface area contributed by atoms with Gasteiger partial charge in [0.05, 0.1) is 6.61 Å². The summed E-state index contributed by atoms with van der Waals surface area (Å²) < 4.78 is 5.14. The molecular formula is C14H28N2O2. The van der Waals surface area contributed by atoms with Crippen LogP contribution in [0.3, 0.4) is 0 Å². The SMILES string of the molecule is CCOC(=O)C(CN(C)CC(C)CC)NC1CC1. The Labute approximate surface area is 111 Å². The van der Waals surface area contributed by atoms with Crippen LogP contribution in [0.4, 0.5) is 0 Å². The first kappa shape index (κ1) is 15.4. The van der Waals surface area contributed by atoms with Crippen molar-refractivity contribution in [3.63, 3.8) is 0 Å². The first-order chi connectivity index (χ1) is 8.56. The van der Waals surface area contributed by atoms with Crippen LogP contribution in [-0.2, 0) is 9.53 Å². The average Bonchev–Trinajstić information content (AvgIpc) is 3.12. The molecule has 18 heavy (non-hydrogen) atoms. The topological polar surface area (TPSA) is 41.6 Å². The van der Waals surface area contributed by atoms with Gasteiger partial charge in [-0.1, -0.05) is 20.3 Å². The summed E-state index contributed by atoms with van der Waals surface area (Å²) in [5.74, 6) is 0.555. The molecule has 1 saturated carbocycles.